The second-order valence-electron chi connectivity index (χ2n) is 10.7. The van der Waals surface area contributed by atoms with E-state index in [4.69, 9.17) is 9.97 Å². The Hall–Kier alpha value is -5.72. The standard InChI is InChI=1S/C38H23N5S/c1-3-9-24(10-4-1)30-20-22-32-35(41-30)34-31(21-19-29-28-13-7-8-14-33(28)44-36(29)34)43(32)27-17-15-26(16-18-27)38-40-23-39-37(42-38)25-11-5-2-6-12-25/h1-23H. The third kappa shape index (κ3) is 3.92. The average Bonchev–Trinajstić information content (AvgIpc) is 3.64. The predicted molar refractivity (Wildman–Crippen MR) is 181 cm³/mol. The summed E-state index contributed by atoms with van der Waals surface area (Å²) in [5.74, 6) is 1.31. The predicted octanol–water partition coefficient (Wildman–Crippen LogP) is 9.73. The highest BCUT2D eigenvalue weighted by Crippen LogP contribution is 2.43. The molecule has 0 bridgehead atoms. The summed E-state index contributed by atoms with van der Waals surface area (Å²) < 4.78 is 4.87. The van der Waals surface area contributed by atoms with Gasteiger partial charge in [-0.25, -0.2) is 19.9 Å². The van der Waals surface area contributed by atoms with Gasteiger partial charge < -0.3 is 4.57 Å². The molecule has 206 valence electrons. The molecule has 5 aromatic carbocycles. The summed E-state index contributed by atoms with van der Waals surface area (Å²) in [5.41, 5.74) is 8.25. The molecule has 0 atom stereocenters. The summed E-state index contributed by atoms with van der Waals surface area (Å²) in [5, 5.41) is 3.74. The van der Waals surface area contributed by atoms with Gasteiger partial charge in [0.2, 0.25) is 0 Å². The molecule has 0 spiro atoms. The van der Waals surface area contributed by atoms with E-state index in [1.165, 1.54) is 25.6 Å². The van der Waals surface area contributed by atoms with Crippen LogP contribution in [-0.4, -0.2) is 24.5 Å². The van der Waals surface area contributed by atoms with E-state index in [9.17, 15) is 0 Å². The topological polar surface area (TPSA) is 56.5 Å². The number of benzene rings is 5. The van der Waals surface area contributed by atoms with Crippen LogP contribution in [0.2, 0.25) is 0 Å². The van der Waals surface area contributed by atoms with E-state index >= 15 is 0 Å². The van der Waals surface area contributed by atoms with Crippen LogP contribution in [0.25, 0.3) is 81.8 Å². The molecule has 9 aromatic rings. The summed E-state index contributed by atoms with van der Waals surface area (Å²) in [6, 6.07) is 46.3. The van der Waals surface area contributed by atoms with Gasteiger partial charge in [-0.3, -0.25) is 0 Å². The summed E-state index contributed by atoms with van der Waals surface area (Å²) >= 11 is 1.84. The van der Waals surface area contributed by atoms with Gasteiger partial charge in [-0.1, -0.05) is 84.9 Å². The first-order valence-electron chi connectivity index (χ1n) is 14.5. The highest BCUT2D eigenvalue weighted by atomic mass is 32.1. The summed E-state index contributed by atoms with van der Waals surface area (Å²) in [7, 11) is 0. The zero-order chi connectivity index (χ0) is 29.0. The lowest BCUT2D eigenvalue weighted by Crippen LogP contribution is -1.97. The van der Waals surface area contributed by atoms with Crippen LogP contribution in [0.15, 0.2) is 140 Å². The van der Waals surface area contributed by atoms with Crippen molar-refractivity contribution in [2.75, 3.05) is 0 Å². The first kappa shape index (κ1) is 24.8. The number of hydrogen-bond acceptors (Lipinski definition) is 5. The maximum atomic E-state index is 5.30. The molecule has 4 heterocycles. The van der Waals surface area contributed by atoms with Crippen LogP contribution in [0.3, 0.4) is 0 Å². The van der Waals surface area contributed by atoms with Crippen molar-refractivity contribution in [3.63, 3.8) is 0 Å². The van der Waals surface area contributed by atoms with E-state index in [-0.39, 0.29) is 0 Å². The summed E-state index contributed by atoms with van der Waals surface area (Å²) in [6.45, 7) is 0. The molecule has 6 heteroatoms. The molecule has 0 amide bonds. The van der Waals surface area contributed by atoms with Crippen molar-refractivity contribution in [3.8, 4) is 39.7 Å². The number of pyridine rings is 1. The van der Waals surface area contributed by atoms with Crippen molar-refractivity contribution in [1.82, 2.24) is 24.5 Å². The van der Waals surface area contributed by atoms with Crippen LogP contribution in [0.5, 0.6) is 0 Å². The molecule has 9 rings (SSSR count). The lowest BCUT2D eigenvalue weighted by Gasteiger charge is -2.09. The zero-order valence-electron chi connectivity index (χ0n) is 23.4. The van der Waals surface area contributed by atoms with E-state index in [1.54, 1.807) is 6.33 Å². The van der Waals surface area contributed by atoms with Gasteiger partial charge in [0.15, 0.2) is 11.6 Å². The van der Waals surface area contributed by atoms with Crippen LogP contribution < -0.4 is 0 Å². The van der Waals surface area contributed by atoms with Gasteiger partial charge >= 0.3 is 0 Å². The monoisotopic (exact) mass is 581 g/mol. The molecule has 0 aliphatic carbocycles. The number of hydrogen-bond donors (Lipinski definition) is 0. The zero-order valence-corrected chi connectivity index (χ0v) is 24.2. The van der Waals surface area contributed by atoms with Gasteiger partial charge in [-0.2, -0.15) is 0 Å². The lowest BCUT2D eigenvalue weighted by atomic mass is 10.1. The fourth-order valence-corrected chi connectivity index (χ4v) is 7.35. The van der Waals surface area contributed by atoms with Crippen LogP contribution in [0.1, 0.15) is 0 Å². The minimum absolute atomic E-state index is 0.647. The van der Waals surface area contributed by atoms with E-state index in [0.29, 0.717) is 11.6 Å². The Kier molecular flexibility index (Phi) is 5.61. The molecular formula is C38H23N5S. The Morgan fingerprint density at radius 2 is 1.16 bits per heavy atom. The normalized spacial score (nSPS) is 11.6. The molecule has 0 fully saturated rings. The van der Waals surface area contributed by atoms with E-state index < -0.39 is 0 Å². The Bertz CT molecular complexity index is 2480. The van der Waals surface area contributed by atoms with Crippen molar-refractivity contribution < 1.29 is 0 Å². The Labute approximate surface area is 256 Å². The second kappa shape index (κ2) is 9.93. The third-order valence-electron chi connectivity index (χ3n) is 8.17. The van der Waals surface area contributed by atoms with Crippen LogP contribution in [0, 0.1) is 0 Å². The average molecular weight is 582 g/mol. The minimum atomic E-state index is 0.647. The number of fused-ring (bicyclic) bond motifs is 7. The maximum absolute atomic E-state index is 5.30. The Morgan fingerprint density at radius 1 is 0.500 bits per heavy atom. The van der Waals surface area contributed by atoms with Crippen molar-refractivity contribution in [1.29, 1.82) is 0 Å². The van der Waals surface area contributed by atoms with Crippen LogP contribution in [0.4, 0.5) is 0 Å². The van der Waals surface area contributed by atoms with Gasteiger partial charge in [-0.15, -0.1) is 11.3 Å². The van der Waals surface area contributed by atoms with Gasteiger partial charge in [0.25, 0.3) is 0 Å². The number of rotatable bonds is 4. The third-order valence-corrected chi connectivity index (χ3v) is 9.38. The largest absolute Gasteiger partial charge is 0.308 e. The van der Waals surface area contributed by atoms with Crippen LogP contribution in [-0.2, 0) is 0 Å². The smallest absolute Gasteiger partial charge is 0.163 e. The first-order chi connectivity index (χ1) is 21.8. The van der Waals surface area contributed by atoms with Gasteiger partial charge in [-0.05, 0) is 48.5 Å². The van der Waals surface area contributed by atoms with Crippen molar-refractivity contribution >= 4 is 53.4 Å². The Balaban J connectivity index is 1.24. The highest BCUT2D eigenvalue weighted by Gasteiger charge is 2.19. The SMILES string of the molecule is c1ccc(-c2ccc3c(n2)c2c4sc5ccccc5c4ccc2n3-c2ccc(-c3ncnc(-c4ccccc4)n3)cc2)cc1. The maximum Gasteiger partial charge on any atom is 0.163 e. The molecule has 0 unspecified atom stereocenters. The quantitative estimate of drug-likeness (QED) is 0.208. The fourth-order valence-electron chi connectivity index (χ4n) is 6.11. The summed E-state index contributed by atoms with van der Waals surface area (Å²) in [4.78, 5) is 18.9. The highest BCUT2D eigenvalue weighted by molar-refractivity contribution is 7.26. The van der Waals surface area contributed by atoms with Crippen LogP contribution >= 0.6 is 11.3 Å². The molecule has 0 aliphatic heterocycles. The molecule has 5 nitrogen and oxygen atoms in total. The first-order valence-corrected chi connectivity index (χ1v) is 15.3. The molecule has 0 radical (unpaired) electrons. The second-order valence-corrected chi connectivity index (χ2v) is 11.8. The minimum Gasteiger partial charge on any atom is -0.308 e. The van der Waals surface area contributed by atoms with E-state index in [1.807, 2.05) is 47.7 Å². The Morgan fingerprint density at radius 3 is 1.93 bits per heavy atom. The van der Waals surface area contributed by atoms with Gasteiger partial charge in [0.1, 0.15) is 6.33 Å². The van der Waals surface area contributed by atoms with Crippen molar-refractivity contribution in [2.45, 2.75) is 0 Å². The summed E-state index contributed by atoms with van der Waals surface area (Å²) in [6.07, 6.45) is 1.58. The fraction of sp³-hybridized carbons (Fsp3) is 0. The van der Waals surface area contributed by atoms with Crippen molar-refractivity contribution in [2.24, 2.45) is 0 Å². The molecule has 0 saturated carbocycles. The van der Waals surface area contributed by atoms with Gasteiger partial charge in [0.05, 0.1) is 22.2 Å². The molecule has 4 aromatic heterocycles. The van der Waals surface area contributed by atoms with E-state index in [0.717, 1.165) is 44.6 Å². The lowest BCUT2D eigenvalue weighted by molar-refractivity contribution is 1.06. The number of thiophene rings is 1. The molecular weight excluding hydrogens is 559 g/mol. The number of nitrogens with zero attached hydrogens (tertiary/aromatic N) is 5. The number of aromatic nitrogens is 5. The molecule has 44 heavy (non-hydrogen) atoms. The molecule has 0 saturated heterocycles. The van der Waals surface area contributed by atoms with Crippen molar-refractivity contribution in [3.05, 3.63) is 140 Å². The van der Waals surface area contributed by atoms with E-state index in [2.05, 4.69) is 112 Å². The molecule has 0 aliphatic rings. The van der Waals surface area contributed by atoms with Gasteiger partial charge in [0, 0.05) is 47.9 Å². The molecule has 0 N–H and O–H groups in total.